The molecule has 0 spiro atoms. The van der Waals surface area contributed by atoms with Crippen molar-refractivity contribution in [3.05, 3.63) is 47.5 Å². The molecule has 0 aliphatic heterocycles. The molecule has 266 valence electrons. The molecule has 2 amide bonds. The fourth-order valence-electron chi connectivity index (χ4n) is 4.36. The fourth-order valence-corrected chi connectivity index (χ4v) is 4.36. The van der Waals surface area contributed by atoms with Gasteiger partial charge in [0.05, 0.1) is 43.4 Å². The van der Waals surface area contributed by atoms with E-state index >= 15 is 0 Å². The van der Waals surface area contributed by atoms with Crippen LogP contribution in [0.1, 0.15) is 76.1 Å². The van der Waals surface area contributed by atoms with Crippen molar-refractivity contribution < 1.29 is 48.4 Å². The number of benzene rings is 2. The Morgan fingerprint density at radius 2 is 1.33 bits per heavy atom. The third kappa shape index (κ3) is 12.1. The minimum atomic E-state index is -1.38. The monoisotopic (exact) mass is 673 g/mol. The molecule has 0 radical (unpaired) electrons. The Hall–Kier alpha value is -4.20. The number of esters is 1. The van der Waals surface area contributed by atoms with Crippen molar-refractivity contribution in [3.8, 4) is 11.5 Å². The number of nitrogens with one attached hydrogen (secondary N) is 2. The molecule has 0 bridgehead atoms. The molecule has 3 atom stereocenters. The van der Waals surface area contributed by atoms with Gasteiger partial charge in [-0.25, -0.2) is 4.79 Å². The molecular formula is C35H51N3O10. The summed E-state index contributed by atoms with van der Waals surface area (Å²) < 4.78 is 22.2. The Morgan fingerprint density at radius 3 is 1.81 bits per heavy atom. The first kappa shape index (κ1) is 40.0. The molecule has 13 nitrogen and oxygen atoms in total. The minimum absolute atomic E-state index is 0.0434. The zero-order valence-electron chi connectivity index (χ0n) is 29.6. The van der Waals surface area contributed by atoms with Gasteiger partial charge in [-0.1, -0.05) is 53.6 Å². The van der Waals surface area contributed by atoms with Crippen molar-refractivity contribution >= 4 is 34.9 Å². The Kier molecular flexibility index (Phi) is 15.3. The maximum absolute atomic E-state index is 13.4. The predicted octanol–water partition coefficient (Wildman–Crippen LogP) is 4.91. The van der Waals surface area contributed by atoms with E-state index in [2.05, 4.69) is 15.8 Å². The van der Waals surface area contributed by atoms with Crippen LogP contribution in [0.4, 0.5) is 11.4 Å². The number of carbonyl (C=O) groups excluding carboxylic acids is 3. The van der Waals surface area contributed by atoms with Gasteiger partial charge in [-0.05, 0) is 60.6 Å². The summed E-state index contributed by atoms with van der Waals surface area (Å²) in [5, 5.41) is 30.0. The molecular weight excluding hydrogens is 622 g/mol. The molecule has 0 heterocycles. The first-order chi connectivity index (χ1) is 22.5. The third-order valence-corrected chi connectivity index (χ3v) is 6.73. The number of aliphatic hydroxyl groups excluding tert-OH is 2. The number of hydrogen-bond donors (Lipinski definition) is 4. The molecule has 2 rings (SSSR count). The topological polar surface area (TPSA) is 174 Å². The number of nitrogens with zero attached hydrogens (tertiary/aromatic N) is 1. The van der Waals surface area contributed by atoms with Gasteiger partial charge in [-0.15, -0.1) is 0 Å². The van der Waals surface area contributed by atoms with E-state index in [1.54, 1.807) is 6.07 Å². The van der Waals surface area contributed by atoms with E-state index in [0.717, 1.165) is 0 Å². The highest BCUT2D eigenvalue weighted by Crippen LogP contribution is 2.30. The summed E-state index contributed by atoms with van der Waals surface area (Å²) in [7, 11) is 2.74. The van der Waals surface area contributed by atoms with Gasteiger partial charge < -0.3 is 44.6 Å². The summed E-state index contributed by atoms with van der Waals surface area (Å²) in [5.41, 5.74) is 0.709. The maximum Gasteiger partial charge on any atom is 0.337 e. The quantitative estimate of drug-likeness (QED) is 0.103. The maximum atomic E-state index is 13.4. The number of amides is 2. The van der Waals surface area contributed by atoms with Crippen LogP contribution in [-0.4, -0.2) is 86.1 Å². The lowest BCUT2D eigenvalue weighted by atomic mass is 9.83. The van der Waals surface area contributed by atoms with Gasteiger partial charge in [-0.3, -0.25) is 9.59 Å². The van der Waals surface area contributed by atoms with E-state index in [0.29, 0.717) is 30.3 Å². The number of ether oxygens (including phenoxy) is 4. The molecule has 0 unspecified atom stereocenters. The standard InChI is InChI=1S/C35H51N3O10/c1-20(2)17-46-27-15-23(33(42)37-26-14-12-24(34(43)45-10)16-28(26)47-18-21(3)4)11-13-25(27)36-29(40)19-48-38-30(31(41)22(5)39)32(44-9)35(6,7)8/h11-16,20-22,31-32,39,41H,17-19H2,1-10H3,(H,36,40)(H,37,42)/b38-30+/t22-,31+,32-/m1/s1. The molecule has 0 aliphatic carbocycles. The third-order valence-electron chi connectivity index (χ3n) is 6.73. The normalized spacial score (nSPS) is 13.8. The van der Waals surface area contributed by atoms with Crippen LogP contribution in [0.25, 0.3) is 0 Å². The SMILES string of the molecule is COC(=O)c1ccc(NC(=O)c2ccc(NC(=O)CO/N=C(\[C@@H](O)[C@@H](C)O)[C@@H](OC)C(C)(C)C)c(OCC(C)C)c2)c(OCC(C)C)c1. The van der Waals surface area contributed by atoms with Gasteiger partial charge >= 0.3 is 5.97 Å². The van der Waals surface area contributed by atoms with E-state index in [9.17, 15) is 24.6 Å². The molecule has 0 saturated heterocycles. The molecule has 2 aromatic carbocycles. The van der Waals surface area contributed by atoms with E-state index in [-0.39, 0.29) is 34.4 Å². The van der Waals surface area contributed by atoms with Crippen LogP contribution in [0, 0.1) is 17.3 Å². The number of hydrogen-bond acceptors (Lipinski definition) is 11. The predicted molar refractivity (Wildman–Crippen MR) is 183 cm³/mol. The summed E-state index contributed by atoms with van der Waals surface area (Å²) in [6.45, 7) is 15.0. The Balaban J connectivity index is 2.30. The second-order valence-electron chi connectivity index (χ2n) is 13.3. The Bertz CT molecular complexity index is 1420. The molecule has 48 heavy (non-hydrogen) atoms. The summed E-state index contributed by atoms with van der Waals surface area (Å²) >= 11 is 0. The highest BCUT2D eigenvalue weighted by Gasteiger charge is 2.36. The zero-order valence-corrected chi connectivity index (χ0v) is 29.6. The molecule has 0 aromatic heterocycles. The van der Waals surface area contributed by atoms with Crippen LogP contribution in [0.2, 0.25) is 0 Å². The van der Waals surface area contributed by atoms with E-state index in [1.807, 2.05) is 48.5 Å². The number of methoxy groups -OCH3 is 2. The molecule has 0 fully saturated rings. The van der Waals surface area contributed by atoms with Crippen molar-refractivity contribution in [2.75, 3.05) is 44.7 Å². The van der Waals surface area contributed by atoms with E-state index < -0.39 is 48.1 Å². The average Bonchev–Trinajstić information content (AvgIpc) is 3.01. The highest BCUT2D eigenvalue weighted by atomic mass is 16.6. The van der Waals surface area contributed by atoms with Gasteiger partial charge in [0.1, 0.15) is 29.4 Å². The molecule has 13 heteroatoms. The molecule has 0 saturated carbocycles. The number of oxime groups is 1. The number of carbonyl (C=O) groups is 3. The smallest absolute Gasteiger partial charge is 0.337 e. The lowest BCUT2D eigenvalue weighted by Crippen LogP contribution is -2.46. The molecule has 4 N–H and O–H groups in total. The molecule has 2 aromatic rings. The fraction of sp³-hybridized carbons (Fsp3) is 0.543. The van der Waals surface area contributed by atoms with Crippen molar-refractivity contribution in [3.63, 3.8) is 0 Å². The second kappa shape index (κ2) is 18.4. The summed E-state index contributed by atoms with van der Waals surface area (Å²) in [5.74, 6) is -0.692. The number of anilines is 2. The lowest BCUT2D eigenvalue weighted by Gasteiger charge is -2.32. The molecule has 0 aliphatic rings. The number of rotatable bonds is 17. The van der Waals surface area contributed by atoms with Gasteiger partial charge in [0.25, 0.3) is 11.8 Å². The largest absolute Gasteiger partial charge is 0.491 e. The van der Waals surface area contributed by atoms with Crippen molar-refractivity contribution in [1.29, 1.82) is 0 Å². The van der Waals surface area contributed by atoms with Crippen molar-refractivity contribution in [2.45, 2.75) is 73.7 Å². The van der Waals surface area contributed by atoms with Gasteiger partial charge in [0, 0.05) is 12.7 Å². The summed E-state index contributed by atoms with van der Waals surface area (Å²) in [6.07, 6.45) is -3.24. The van der Waals surface area contributed by atoms with E-state index in [4.69, 9.17) is 23.8 Å². The minimum Gasteiger partial charge on any atom is -0.491 e. The highest BCUT2D eigenvalue weighted by molar-refractivity contribution is 6.06. The summed E-state index contributed by atoms with van der Waals surface area (Å²) in [4.78, 5) is 43.7. The van der Waals surface area contributed by atoms with Crippen molar-refractivity contribution in [2.24, 2.45) is 22.4 Å². The number of aliphatic hydroxyl groups is 2. The van der Waals surface area contributed by atoms with E-state index in [1.165, 1.54) is 51.5 Å². The Labute approximate surface area is 282 Å². The van der Waals surface area contributed by atoms with Gasteiger partial charge in [0.15, 0.2) is 6.61 Å². The van der Waals surface area contributed by atoms with Crippen LogP contribution in [-0.2, 0) is 19.1 Å². The average molecular weight is 674 g/mol. The lowest BCUT2D eigenvalue weighted by molar-refractivity contribution is -0.120. The van der Waals surface area contributed by atoms with Crippen LogP contribution in [0.15, 0.2) is 41.6 Å². The van der Waals surface area contributed by atoms with Crippen LogP contribution < -0.4 is 20.1 Å². The summed E-state index contributed by atoms with van der Waals surface area (Å²) in [6, 6.07) is 9.16. The van der Waals surface area contributed by atoms with Crippen LogP contribution in [0.5, 0.6) is 11.5 Å². The van der Waals surface area contributed by atoms with Gasteiger partial charge in [0.2, 0.25) is 0 Å². The first-order valence-corrected chi connectivity index (χ1v) is 15.8. The van der Waals surface area contributed by atoms with Crippen LogP contribution >= 0.6 is 0 Å². The van der Waals surface area contributed by atoms with Crippen molar-refractivity contribution in [1.82, 2.24) is 0 Å². The Morgan fingerprint density at radius 1 is 0.812 bits per heavy atom. The van der Waals surface area contributed by atoms with Crippen LogP contribution in [0.3, 0.4) is 0 Å². The zero-order chi connectivity index (χ0) is 36.2. The first-order valence-electron chi connectivity index (χ1n) is 15.8. The van der Waals surface area contributed by atoms with Gasteiger partial charge in [-0.2, -0.15) is 0 Å². The second-order valence-corrected chi connectivity index (χ2v) is 13.3.